The van der Waals surface area contributed by atoms with E-state index in [0.29, 0.717) is 5.88 Å². The molecule has 0 spiro atoms. The first kappa shape index (κ1) is 8.51. The molecular formula is C10H14N2O. The number of pyridine rings is 1. The van der Waals surface area contributed by atoms with E-state index in [-0.39, 0.29) is 5.54 Å². The molecule has 1 aromatic rings. The summed E-state index contributed by atoms with van der Waals surface area (Å²) in [6, 6.07) is 3.89. The molecule has 0 radical (unpaired) electrons. The lowest BCUT2D eigenvalue weighted by atomic mass is 10.0. The van der Waals surface area contributed by atoms with Gasteiger partial charge in [-0.05, 0) is 25.3 Å². The molecule has 70 valence electrons. The Morgan fingerprint density at radius 3 is 2.62 bits per heavy atom. The van der Waals surface area contributed by atoms with E-state index < -0.39 is 0 Å². The van der Waals surface area contributed by atoms with Crippen molar-refractivity contribution in [1.82, 2.24) is 4.98 Å². The first-order valence-electron chi connectivity index (χ1n) is 4.47. The van der Waals surface area contributed by atoms with Crippen molar-refractivity contribution in [2.75, 3.05) is 7.11 Å². The topological polar surface area (TPSA) is 48.1 Å². The third-order valence-corrected chi connectivity index (χ3v) is 2.59. The standard InChI is InChI=1S/C10H14N2O/c1-7-8(10(11)5-6-10)3-4-9(12-7)13-2/h3-4H,5-6,11H2,1-2H3. The van der Waals surface area contributed by atoms with Gasteiger partial charge in [-0.1, -0.05) is 6.07 Å². The average molecular weight is 178 g/mol. The molecular weight excluding hydrogens is 164 g/mol. The van der Waals surface area contributed by atoms with Crippen LogP contribution in [-0.4, -0.2) is 12.1 Å². The Morgan fingerprint density at radius 2 is 2.15 bits per heavy atom. The van der Waals surface area contributed by atoms with Crippen LogP contribution in [0.3, 0.4) is 0 Å². The van der Waals surface area contributed by atoms with Gasteiger partial charge in [0.05, 0.1) is 7.11 Å². The second-order valence-corrected chi connectivity index (χ2v) is 3.64. The Labute approximate surface area is 77.9 Å². The summed E-state index contributed by atoms with van der Waals surface area (Å²) >= 11 is 0. The van der Waals surface area contributed by atoms with Crippen molar-refractivity contribution in [3.63, 3.8) is 0 Å². The predicted octanol–water partition coefficient (Wildman–Crippen LogP) is 1.35. The number of methoxy groups -OCH3 is 1. The number of aryl methyl sites for hydroxylation is 1. The van der Waals surface area contributed by atoms with Gasteiger partial charge in [-0.3, -0.25) is 0 Å². The Kier molecular flexibility index (Phi) is 1.77. The predicted molar refractivity (Wildman–Crippen MR) is 50.6 cm³/mol. The molecule has 2 N–H and O–H groups in total. The molecule has 0 atom stereocenters. The molecule has 3 nitrogen and oxygen atoms in total. The van der Waals surface area contributed by atoms with E-state index in [1.54, 1.807) is 7.11 Å². The third-order valence-electron chi connectivity index (χ3n) is 2.59. The molecule has 1 heterocycles. The normalized spacial score (nSPS) is 18.4. The quantitative estimate of drug-likeness (QED) is 0.743. The summed E-state index contributed by atoms with van der Waals surface area (Å²) in [7, 11) is 1.62. The minimum atomic E-state index is -0.0939. The van der Waals surface area contributed by atoms with Crippen LogP contribution >= 0.6 is 0 Å². The number of ether oxygens (including phenoxy) is 1. The molecule has 1 saturated carbocycles. The van der Waals surface area contributed by atoms with Crippen molar-refractivity contribution in [3.05, 3.63) is 23.4 Å². The molecule has 0 aliphatic heterocycles. The molecule has 13 heavy (non-hydrogen) atoms. The van der Waals surface area contributed by atoms with Crippen LogP contribution in [0.2, 0.25) is 0 Å². The van der Waals surface area contributed by atoms with Crippen molar-refractivity contribution >= 4 is 0 Å². The van der Waals surface area contributed by atoms with Crippen LogP contribution in [0.1, 0.15) is 24.1 Å². The maximum absolute atomic E-state index is 6.08. The minimum Gasteiger partial charge on any atom is -0.481 e. The highest BCUT2D eigenvalue weighted by atomic mass is 16.5. The van der Waals surface area contributed by atoms with Gasteiger partial charge < -0.3 is 10.5 Å². The van der Waals surface area contributed by atoms with Gasteiger partial charge in [-0.25, -0.2) is 4.98 Å². The van der Waals surface area contributed by atoms with Crippen LogP contribution in [0.25, 0.3) is 0 Å². The highest BCUT2D eigenvalue weighted by Crippen LogP contribution is 2.43. The number of hydrogen-bond donors (Lipinski definition) is 1. The zero-order valence-electron chi connectivity index (χ0n) is 8.00. The zero-order chi connectivity index (χ0) is 9.47. The maximum Gasteiger partial charge on any atom is 0.213 e. The zero-order valence-corrected chi connectivity index (χ0v) is 8.00. The average Bonchev–Trinajstić information content (AvgIpc) is 2.84. The second kappa shape index (κ2) is 2.70. The van der Waals surface area contributed by atoms with Gasteiger partial charge >= 0.3 is 0 Å². The fraction of sp³-hybridized carbons (Fsp3) is 0.500. The van der Waals surface area contributed by atoms with Crippen LogP contribution in [0, 0.1) is 6.92 Å². The lowest BCUT2D eigenvalue weighted by Crippen LogP contribution is -2.20. The first-order valence-corrected chi connectivity index (χ1v) is 4.47. The molecule has 1 aromatic heterocycles. The largest absolute Gasteiger partial charge is 0.481 e. The first-order chi connectivity index (χ1) is 6.15. The molecule has 1 fully saturated rings. The smallest absolute Gasteiger partial charge is 0.213 e. The van der Waals surface area contributed by atoms with E-state index in [9.17, 15) is 0 Å². The van der Waals surface area contributed by atoms with Crippen LogP contribution in [0.4, 0.5) is 0 Å². The molecule has 0 saturated heterocycles. The number of nitrogens with two attached hydrogens (primary N) is 1. The van der Waals surface area contributed by atoms with Crippen molar-refractivity contribution in [2.45, 2.75) is 25.3 Å². The van der Waals surface area contributed by atoms with Gasteiger partial charge in [0.25, 0.3) is 0 Å². The van der Waals surface area contributed by atoms with E-state index in [0.717, 1.165) is 24.1 Å². The van der Waals surface area contributed by atoms with Crippen molar-refractivity contribution in [2.24, 2.45) is 5.73 Å². The van der Waals surface area contributed by atoms with Gasteiger partial charge in [-0.2, -0.15) is 0 Å². The number of hydrogen-bond acceptors (Lipinski definition) is 3. The van der Waals surface area contributed by atoms with E-state index in [1.165, 1.54) is 0 Å². The number of rotatable bonds is 2. The van der Waals surface area contributed by atoms with Crippen LogP contribution in [-0.2, 0) is 5.54 Å². The van der Waals surface area contributed by atoms with E-state index in [2.05, 4.69) is 4.98 Å². The van der Waals surface area contributed by atoms with Crippen LogP contribution in [0.15, 0.2) is 12.1 Å². The van der Waals surface area contributed by atoms with Gasteiger partial charge in [-0.15, -0.1) is 0 Å². The summed E-state index contributed by atoms with van der Waals surface area (Å²) in [5.41, 5.74) is 8.13. The van der Waals surface area contributed by atoms with Gasteiger partial charge in [0.2, 0.25) is 5.88 Å². The highest BCUT2D eigenvalue weighted by molar-refractivity contribution is 5.35. The van der Waals surface area contributed by atoms with E-state index in [1.807, 2.05) is 19.1 Å². The summed E-state index contributed by atoms with van der Waals surface area (Å²) in [4.78, 5) is 4.30. The molecule has 0 unspecified atom stereocenters. The van der Waals surface area contributed by atoms with Crippen molar-refractivity contribution in [1.29, 1.82) is 0 Å². The Morgan fingerprint density at radius 1 is 1.46 bits per heavy atom. The molecule has 0 amide bonds. The molecule has 3 heteroatoms. The van der Waals surface area contributed by atoms with Gasteiger partial charge in [0.1, 0.15) is 0 Å². The minimum absolute atomic E-state index is 0.0939. The van der Waals surface area contributed by atoms with Crippen molar-refractivity contribution in [3.8, 4) is 5.88 Å². The Balaban J connectivity index is 2.38. The fourth-order valence-electron chi connectivity index (χ4n) is 1.58. The molecule has 0 aromatic carbocycles. The fourth-order valence-corrected chi connectivity index (χ4v) is 1.58. The lowest BCUT2D eigenvalue weighted by molar-refractivity contribution is 0.396. The SMILES string of the molecule is COc1ccc(C2(N)CC2)c(C)n1. The summed E-state index contributed by atoms with van der Waals surface area (Å²) in [6.45, 7) is 1.98. The van der Waals surface area contributed by atoms with Gasteiger partial charge in [0.15, 0.2) is 0 Å². The Hall–Kier alpha value is -1.09. The van der Waals surface area contributed by atoms with Crippen LogP contribution < -0.4 is 10.5 Å². The summed E-state index contributed by atoms with van der Waals surface area (Å²) < 4.78 is 5.03. The summed E-state index contributed by atoms with van der Waals surface area (Å²) in [5, 5.41) is 0. The van der Waals surface area contributed by atoms with Crippen molar-refractivity contribution < 1.29 is 4.74 Å². The van der Waals surface area contributed by atoms with E-state index >= 15 is 0 Å². The molecule has 1 aliphatic carbocycles. The van der Waals surface area contributed by atoms with E-state index in [4.69, 9.17) is 10.5 Å². The lowest BCUT2D eigenvalue weighted by Gasteiger charge is -2.12. The Bertz CT molecular complexity index is 332. The maximum atomic E-state index is 6.08. The van der Waals surface area contributed by atoms with Crippen LogP contribution in [0.5, 0.6) is 5.88 Å². The number of aromatic nitrogens is 1. The highest BCUT2D eigenvalue weighted by Gasteiger charge is 2.41. The molecule has 2 rings (SSSR count). The summed E-state index contributed by atoms with van der Waals surface area (Å²) in [5.74, 6) is 0.658. The molecule has 0 bridgehead atoms. The van der Waals surface area contributed by atoms with Gasteiger partial charge in [0, 0.05) is 17.3 Å². The third kappa shape index (κ3) is 1.40. The second-order valence-electron chi connectivity index (χ2n) is 3.64. The molecule has 1 aliphatic rings. The number of nitrogens with zero attached hydrogens (tertiary/aromatic N) is 1. The monoisotopic (exact) mass is 178 g/mol. The summed E-state index contributed by atoms with van der Waals surface area (Å²) in [6.07, 6.45) is 2.14.